The largest absolute Gasteiger partial charge is 0.444 e. The Balaban J connectivity index is 2.48. The van der Waals surface area contributed by atoms with E-state index >= 15 is 0 Å². The lowest BCUT2D eigenvalue weighted by Crippen LogP contribution is -2.50. The van der Waals surface area contributed by atoms with Gasteiger partial charge >= 0.3 is 6.09 Å². The van der Waals surface area contributed by atoms with Crippen LogP contribution in [0.4, 0.5) is 4.79 Å². The van der Waals surface area contributed by atoms with E-state index in [1.54, 1.807) is 4.90 Å². The van der Waals surface area contributed by atoms with E-state index in [1.165, 1.54) is 0 Å². The molecule has 0 bridgehead atoms. The fourth-order valence-electron chi connectivity index (χ4n) is 1.59. The molecule has 2 N–H and O–H groups in total. The molecule has 4 nitrogen and oxygen atoms in total. The van der Waals surface area contributed by atoms with Gasteiger partial charge in [-0.05, 0) is 33.1 Å². The van der Waals surface area contributed by atoms with E-state index in [0.717, 1.165) is 13.0 Å². The van der Waals surface area contributed by atoms with Gasteiger partial charge in [0.05, 0.1) is 0 Å². The van der Waals surface area contributed by atoms with E-state index in [-0.39, 0.29) is 12.1 Å². The van der Waals surface area contributed by atoms with Crippen LogP contribution in [0.2, 0.25) is 0 Å². The van der Waals surface area contributed by atoms with Gasteiger partial charge in [-0.25, -0.2) is 4.79 Å². The number of carbonyl (C=O) groups excluding carboxylic acids is 1. The molecule has 1 saturated heterocycles. The van der Waals surface area contributed by atoms with Crippen molar-refractivity contribution in [3.8, 4) is 0 Å². The summed E-state index contributed by atoms with van der Waals surface area (Å²) in [5.74, 6) is 0.490. The van der Waals surface area contributed by atoms with Gasteiger partial charge in [-0.1, -0.05) is 6.92 Å². The molecule has 0 saturated carbocycles. The summed E-state index contributed by atoms with van der Waals surface area (Å²) in [7, 11) is 0. The average Bonchev–Trinajstić information content (AvgIpc) is 2.06. The lowest BCUT2D eigenvalue weighted by molar-refractivity contribution is 0.0167. The summed E-state index contributed by atoms with van der Waals surface area (Å²) in [6, 6.07) is 0.0752. The number of likely N-dealkylation sites (tertiary alicyclic amines) is 1. The van der Waals surface area contributed by atoms with Crippen molar-refractivity contribution in [1.29, 1.82) is 0 Å². The smallest absolute Gasteiger partial charge is 0.410 e. The molecule has 1 amide bonds. The number of nitrogens with two attached hydrogens (primary N) is 1. The van der Waals surface area contributed by atoms with E-state index in [9.17, 15) is 4.79 Å². The van der Waals surface area contributed by atoms with E-state index in [4.69, 9.17) is 10.5 Å². The lowest BCUT2D eigenvalue weighted by Gasteiger charge is -2.35. The molecule has 1 aliphatic rings. The average molecular weight is 214 g/mol. The fourth-order valence-corrected chi connectivity index (χ4v) is 1.59. The third kappa shape index (κ3) is 3.70. The van der Waals surface area contributed by atoms with Gasteiger partial charge in [-0.15, -0.1) is 0 Å². The summed E-state index contributed by atoms with van der Waals surface area (Å²) >= 11 is 0. The number of nitrogens with zero attached hydrogens (tertiary/aromatic N) is 1. The minimum atomic E-state index is -0.426. The molecule has 15 heavy (non-hydrogen) atoms. The molecule has 0 radical (unpaired) electrons. The molecule has 1 aliphatic heterocycles. The highest BCUT2D eigenvalue weighted by Crippen LogP contribution is 2.18. The SMILES string of the molecule is CC1CCN(C(=O)OC(C)(C)C)CC1N. The van der Waals surface area contributed by atoms with Gasteiger partial charge in [0.2, 0.25) is 0 Å². The van der Waals surface area contributed by atoms with E-state index < -0.39 is 5.60 Å². The minimum absolute atomic E-state index is 0.0752. The van der Waals surface area contributed by atoms with Crippen LogP contribution in [0, 0.1) is 5.92 Å². The first-order chi connectivity index (χ1) is 6.79. The van der Waals surface area contributed by atoms with Crippen LogP contribution in [-0.2, 0) is 4.74 Å². The standard InChI is InChI=1S/C11H22N2O2/c1-8-5-6-13(7-9(8)12)10(14)15-11(2,3)4/h8-9H,5-7,12H2,1-4H3. The molecular formula is C11H22N2O2. The molecular weight excluding hydrogens is 192 g/mol. The van der Waals surface area contributed by atoms with Crippen molar-refractivity contribution in [1.82, 2.24) is 4.90 Å². The Morgan fingerprint density at radius 3 is 2.53 bits per heavy atom. The minimum Gasteiger partial charge on any atom is -0.444 e. The summed E-state index contributed by atoms with van der Waals surface area (Å²) in [6.07, 6.45) is 0.713. The summed E-state index contributed by atoms with van der Waals surface area (Å²) in [6.45, 7) is 9.10. The van der Waals surface area contributed by atoms with E-state index in [1.807, 2.05) is 20.8 Å². The molecule has 1 heterocycles. The Bertz CT molecular complexity index is 235. The maximum Gasteiger partial charge on any atom is 0.410 e. The summed E-state index contributed by atoms with van der Waals surface area (Å²) in [4.78, 5) is 13.4. The molecule has 88 valence electrons. The third-order valence-corrected chi connectivity index (χ3v) is 2.67. The number of amides is 1. The second-order valence-electron chi connectivity index (χ2n) is 5.36. The second-order valence-corrected chi connectivity index (χ2v) is 5.36. The first-order valence-electron chi connectivity index (χ1n) is 5.53. The van der Waals surface area contributed by atoms with Crippen LogP contribution in [0.25, 0.3) is 0 Å². The highest BCUT2D eigenvalue weighted by molar-refractivity contribution is 5.68. The number of carbonyl (C=O) groups is 1. The summed E-state index contributed by atoms with van der Waals surface area (Å²) < 4.78 is 5.29. The Morgan fingerprint density at radius 1 is 1.47 bits per heavy atom. The molecule has 1 fully saturated rings. The number of rotatable bonds is 0. The van der Waals surface area contributed by atoms with Crippen molar-refractivity contribution < 1.29 is 9.53 Å². The normalized spacial score (nSPS) is 27.7. The van der Waals surface area contributed by atoms with Crippen molar-refractivity contribution >= 4 is 6.09 Å². The van der Waals surface area contributed by atoms with Crippen LogP contribution in [0.1, 0.15) is 34.1 Å². The maximum atomic E-state index is 11.7. The van der Waals surface area contributed by atoms with Crippen molar-refractivity contribution in [3.63, 3.8) is 0 Å². The van der Waals surface area contributed by atoms with Crippen LogP contribution < -0.4 is 5.73 Å². The number of ether oxygens (including phenoxy) is 1. The van der Waals surface area contributed by atoms with Crippen molar-refractivity contribution in [3.05, 3.63) is 0 Å². The van der Waals surface area contributed by atoms with Gasteiger partial charge < -0.3 is 15.4 Å². The van der Waals surface area contributed by atoms with Crippen LogP contribution in [0.5, 0.6) is 0 Å². The van der Waals surface area contributed by atoms with Crippen molar-refractivity contribution in [2.24, 2.45) is 11.7 Å². The Kier molecular flexibility index (Phi) is 3.60. The monoisotopic (exact) mass is 214 g/mol. The predicted molar refractivity (Wildman–Crippen MR) is 59.6 cm³/mol. The first kappa shape index (κ1) is 12.3. The maximum absolute atomic E-state index is 11.7. The number of piperidine rings is 1. The highest BCUT2D eigenvalue weighted by atomic mass is 16.6. The lowest BCUT2D eigenvalue weighted by atomic mass is 9.95. The van der Waals surface area contributed by atoms with Crippen LogP contribution in [0.15, 0.2) is 0 Å². The van der Waals surface area contributed by atoms with Gasteiger partial charge in [0.1, 0.15) is 5.60 Å². The molecule has 4 heteroatoms. The molecule has 2 unspecified atom stereocenters. The molecule has 2 atom stereocenters. The zero-order valence-electron chi connectivity index (χ0n) is 10.1. The fraction of sp³-hybridized carbons (Fsp3) is 0.909. The van der Waals surface area contributed by atoms with Crippen LogP contribution in [-0.4, -0.2) is 35.7 Å². The van der Waals surface area contributed by atoms with E-state index in [2.05, 4.69) is 6.92 Å². The van der Waals surface area contributed by atoms with Crippen LogP contribution in [0.3, 0.4) is 0 Å². The molecule has 0 aromatic carbocycles. The topological polar surface area (TPSA) is 55.6 Å². The Hall–Kier alpha value is -0.770. The summed E-state index contributed by atoms with van der Waals surface area (Å²) in [5.41, 5.74) is 5.49. The highest BCUT2D eigenvalue weighted by Gasteiger charge is 2.29. The first-order valence-corrected chi connectivity index (χ1v) is 5.53. The quantitative estimate of drug-likeness (QED) is 0.666. The Morgan fingerprint density at radius 2 is 2.07 bits per heavy atom. The van der Waals surface area contributed by atoms with Gasteiger partial charge in [-0.2, -0.15) is 0 Å². The van der Waals surface area contributed by atoms with E-state index in [0.29, 0.717) is 12.5 Å². The molecule has 0 aromatic rings. The number of hydrogen-bond donors (Lipinski definition) is 1. The summed E-state index contributed by atoms with van der Waals surface area (Å²) in [5, 5.41) is 0. The molecule has 0 spiro atoms. The number of hydrogen-bond acceptors (Lipinski definition) is 3. The molecule has 1 rings (SSSR count). The molecule has 0 aromatic heterocycles. The zero-order valence-corrected chi connectivity index (χ0v) is 10.1. The zero-order chi connectivity index (χ0) is 11.6. The van der Waals surface area contributed by atoms with Crippen LogP contribution >= 0.6 is 0 Å². The van der Waals surface area contributed by atoms with Gasteiger partial charge in [-0.3, -0.25) is 0 Å². The van der Waals surface area contributed by atoms with Crippen molar-refractivity contribution in [2.75, 3.05) is 13.1 Å². The van der Waals surface area contributed by atoms with Crippen molar-refractivity contribution in [2.45, 2.75) is 45.8 Å². The van der Waals surface area contributed by atoms with Gasteiger partial charge in [0.15, 0.2) is 0 Å². The third-order valence-electron chi connectivity index (χ3n) is 2.67. The predicted octanol–water partition coefficient (Wildman–Crippen LogP) is 1.59. The molecule has 0 aliphatic carbocycles. The van der Waals surface area contributed by atoms with Gasteiger partial charge in [0, 0.05) is 19.1 Å². The van der Waals surface area contributed by atoms with Gasteiger partial charge in [0.25, 0.3) is 0 Å². The Labute approximate surface area is 91.8 Å². The second kappa shape index (κ2) is 4.39.